The number of aromatic nitrogens is 2. The van der Waals surface area contributed by atoms with E-state index in [0.717, 1.165) is 17.0 Å². The Hall–Kier alpha value is -2.50. The summed E-state index contributed by atoms with van der Waals surface area (Å²) in [7, 11) is 0. The lowest BCUT2D eigenvalue weighted by Gasteiger charge is -2.13. The molecule has 1 aromatic carbocycles. The summed E-state index contributed by atoms with van der Waals surface area (Å²) in [5.74, 6) is 1.35. The van der Waals surface area contributed by atoms with Gasteiger partial charge in [-0.3, -0.25) is 14.5 Å². The second kappa shape index (κ2) is 9.33. The van der Waals surface area contributed by atoms with Gasteiger partial charge in [-0.15, -0.1) is 10.2 Å². The quantitative estimate of drug-likeness (QED) is 0.478. The molecule has 4 rings (SSSR count). The van der Waals surface area contributed by atoms with Gasteiger partial charge in [-0.1, -0.05) is 55.2 Å². The zero-order valence-corrected chi connectivity index (χ0v) is 19.4. The molecule has 0 radical (unpaired) electrons. The molecule has 2 aliphatic heterocycles. The number of hydrogen-bond acceptors (Lipinski definition) is 9. The molecule has 2 amide bonds. The Morgan fingerprint density at radius 2 is 2.13 bits per heavy atom. The first-order chi connectivity index (χ1) is 14.9. The van der Waals surface area contributed by atoms with Crippen LogP contribution in [0.25, 0.3) is 6.08 Å². The Balaban J connectivity index is 1.34. The smallest absolute Gasteiger partial charge is 0.266 e. The minimum Gasteiger partial charge on any atom is -0.454 e. The highest BCUT2D eigenvalue weighted by Crippen LogP contribution is 2.36. The molecule has 11 heteroatoms. The van der Waals surface area contributed by atoms with Crippen LogP contribution in [-0.2, 0) is 16.0 Å². The molecular weight excluding hydrogens is 456 g/mol. The van der Waals surface area contributed by atoms with Crippen LogP contribution in [0.15, 0.2) is 23.1 Å². The van der Waals surface area contributed by atoms with Crippen molar-refractivity contribution in [2.24, 2.45) is 5.92 Å². The first-order valence-corrected chi connectivity index (χ1v) is 11.7. The topological polar surface area (TPSA) is 93.7 Å². The van der Waals surface area contributed by atoms with Gasteiger partial charge in [-0.05, 0) is 29.7 Å². The molecule has 1 fully saturated rings. The number of nitrogens with zero attached hydrogens (tertiary/aromatic N) is 3. The number of thiocarbonyl (C=S) groups is 1. The maximum Gasteiger partial charge on any atom is 0.266 e. The molecule has 8 nitrogen and oxygen atoms in total. The van der Waals surface area contributed by atoms with E-state index < -0.39 is 0 Å². The van der Waals surface area contributed by atoms with Crippen LogP contribution in [0.2, 0.25) is 0 Å². The number of rotatable bonds is 7. The van der Waals surface area contributed by atoms with Gasteiger partial charge in [-0.2, -0.15) is 0 Å². The largest absolute Gasteiger partial charge is 0.454 e. The van der Waals surface area contributed by atoms with Crippen molar-refractivity contribution >= 4 is 62.7 Å². The molecule has 1 N–H and O–H groups in total. The molecule has 0 spiro atoms. The number of hydrogen-bond donors (Lipinski definition) is 1. The minimum atomic E-state index is -0.235. The third-order valence-electron chi connectivity index (χ3n) is 4.43. The van der Waals surface area contributed by atoms with Crippen molar-refractivity contribution in [1.29, 1.82) is 0 Å². The van der Waals surface area contributed by atoms with Crippen molar-refractivity contribution < 1.29 is 19.1 Å². The lowest BCUT2D eigenvalue weighted by Crippen LogP contribution is -2.31. The Morgan fingerprint density at radius 3 is 2.94 bits per heavy atom. The molecule has 31 heavy (non-hydrogen) atoms. The highest BCUT2D eigenvalue weighted by atomic mass is 32.2. The van der Waals surface area contributed by atoms with E-state index in [1.54, 1.807) is 12.1 Å². The first-order valence-electron chi connectivity index (χ1n) is 9.66. The van der Waals surface area contributed by atoms with Gasteiger partial charge in [0.15, 0.2) is 11.5 Å². The maximum atomic E-state index is 12.8. The highest BCUT2D eigenvalue weighted by Gasteiger charge is 2.32. The predicted octanol–water partition coefficient (Wildman–Crippen LogP) is 3.70. The van der Waals surface area contributed by atoms with E-state index >= 15 is 0 Å². The fourth-order valence-electron chi connectivity index (χ4n) is 2.98. The summed E-state index contributed by atoms with van der Waals surface area (Å²) in [6.45, 7) is 4.59. The first kappa shape index (κ1) is 21.7. The fraction of sp³-hybridized carbons (Fsp3) is 0.350. The number of benzene rings is 1. The average molecular weight is 477 g/mol. The molecule has 0 atom stereocenters. The van der Waals surface area contributed by atoms with E-state index in [2.05, 4.69) is 29.4 Å². The van der Waals surface area contributed by atoms with Crippen LogP contribution >= 0.6 is 35.3 Å². The maximum absolute atomic E-state index is 12.8. The number of anilines is 1. The molecule has 0 bridgehead atoms. The van der Waals surface area contributed by atoms with Crippen LogP contribution in [0.1, 0.15) is 30.8 Å². The standard InChI is InChI=1S/C20H20N4O4S3/c1-11(2)7-17-22-23-19(31-17)21-16(25)5-6-24-18(26)15(30-20(24)29)9-12-3-4-13-14(8-12)28-10-27-13/h3-4,8-9,11H,5-7,10H2,1-2H3,(H,21,23,25)/b15-9-. The third-order valence-corrected chi connectivity index (χ3v) is 6.67. The fourth-order valence-corrected chi connectivity index (χ4v) is 5.25. The summed E-state index contributed by atoms with van der Waals surface area (Å²) in [5.41, 5.74) is 0.816. The van der Waals surface area contributed by atoms with E-state index in [0.29, 0.717) is 31.8 Å². The Kier molecular flexibility index (Phi) is 6.54. The number of amides is 2. The van der Waals surface area contributed by atoms with Crippen molar-refractivity contribution in [3.8, 4) is 11.5 Å². The monoisotopic (exact) mass is 476 g/mol. The number of thioether (sulfide) groups is 1. The van der Waals surface area contributed by atoms with Crippen molar-refractivity contribution in [2.75, 3.05) is 18.7 Å². The zero-order valence-electron chi connectivity index (χ0n) is 16.9. The SMILES string of the molecule is CC(C)Cc1nnc(NC(=O)CCN2C(=O)/C(=C/c3ccc4c(c3)OCO4)SC2=S)s1. The van der Waals surface area contributed by atoms with Gasteiger partial charge in [0.2, 0.25) is 17.8 Å². The molecule has 1 saturated heterocycles. The second-order valence-corrected chi connectivity index (χ2v) is 10.1. The predicted molar refractivity (Wildman–Crippen MR) is 124 cm³/mol. The summed E-state index contributed by atoms with van der Waals surface area (Å²) < 4.78 is 11.1. The summed E-state index contributed by atoms with van der Waals surface area (Å²) in [4.78, 5) is 27.0. The van der Waals surface area contributed by atoms with Crippen LogP contribution in [-0.4, -0.2) is 44.6 Å². The van der Waals surface area contributed by atoms with Crippen molar-refractivity contribution in [3.63, 3.8) is 0 Å². The average Bonchev–Trinajstić information content (AvgIpc) is 3.41. The van der Waals surface area contributed by atoms with E-state index in [-0.39, 0.29) is 31.6 Å². The zero-order chi connectivity index (χ0) is 22.0. The van der Waals surface area contributed by atoms with Gasteiger partial charge in [0.1, 0.15) is 9.33 Å². The number of fused-ring (bicyclic) bond motifs is 1. The van der Waals surface area contributed by atoms with Gasteiger partial charge >= 0.3 is 0 Å². The summed E-state index contributed by atoms with van der Waals surface area (Å²) in [5, 5.41) is 12.2. The summed E-state index contributed by atoms with van der Waals surface area (Å²) >= 11 is 7.93. The van der Waals surface area contributed by atoms with Crippen molar-refractivity contribution in [3.05, 3.63) is 33.7 Å². The number of nitrogens with one attached hydrogen (secondary N) is 1. The summed E-state index contributed by atoms with van der Waals surface area (Å²) in [6.07, 6.45) is 2.70. The molecular formula is C20H20N4O4S3. The van der Waals surface area contributed by atoms with E-state index in [4.69, 9.17) is 21.7 Å². The Labute approximate surface area is 193 Å². The van der Waals surface area contributed by atoms with Gasteiger partial charge in [0.25, 0.3) is 5.91 Å². The van der Waals surface area contributed by atoms with Crippen LogP contribution in [0.5, 0.6) is 11.5 Å². The molecule has 0 saturated carbocycles. The highest BCUT2D eigenvalue weighted by molar-refractivity contribution is 8.26. The molecule has 0 aliphatic carbocycles. The van der Waals surface area contributed by atoms with E-state index in [9.17, 15) is 9.59 Å². The Morgan fingerprint density at radius 1 is 1.32 bits per heavy atom. The Bertz CT molecular complexity index is 1070. The lowest BCUT2D eigenvalue weighted by atomic mass is 10.1. The van der Waals surface area contributed by atoms with Gasteiger partial charge < -0.3 is 14.8 Å². The van der Waals surface area contributed by atoms with Crippen molar-refractivity contribution in [2.45, 2.75) is 26.7 Å². The molecule has 3 heterocycles. The molecule has 2 aromatic rings. The normalized spacial score (nSPS) is 16.6. The van der Waals surface area contributed by atoms with Crippen LogP contribution < -0.4 is 14.8 Å². The van der Waals surface area contributed by atoms with Crippen LogP contribution in [0.3, 0.4) is 0 Å². The van der Waals surface area contributed by atoms with E-state index in [1.807, 2.05) is 12.1 Å². The van der Waals surface area contributed by atoms with Crippen molar-refractivity contribution in [1.82, 2.24) is 15.1 Å². The number of ether oxygens (including phenoxy) is 2. The van der Waals surface area contributed by atoms with E-state index in [1.165, 1.54) is 28.0 Å². The second-order valence-electron chi connectivity index (χ2n) is 7.34. The lowest BCUT2D eigenvalue weighted by molar-refractivity contribution is -0.122. The molecule has 1 aromatic heterocycles. The van der Waals surface area contributed by atoms with Crippen LogP contribution in [0.4, 0.5) is 5.13 Å². The van der Waals surface area contributed by atoms with Gasteiger partial charge in [0.05, 0.1) is 4.91 Å². The van der Waals surface area contributed by atoms with Crippen LogP contribution in [0, 0.1) is 5.92 Å². The summed E-state index contributed by atoms with van der Waals surface area (Å²) in [6, 6.07) is 5.47. The van der Waals surface area contributed by atoms with Gasteiger partial charge in [-0.25, -0.2) is 0 Å². The number of carbonyl (C=O) groups excluding carboxylic acids is 2. The molecule has 0 unspecified atom stereocenters. The number of carbonyl (C=O) groups is 2. The minimum absolute atomic E-state index is 0.114. The third kappa shape index (κ3) is 5.23. The molecule has 2 aliphatic rings. The molecule has 162 valence electrons. The van der Waals surface area contributed by atoms with Gasteiger partial charge in [0, 0.05) is 19.4 Å².